The van der Waals surface area contributed by atoms with Gasteiger partial charge in [0.1, 0.15) is 0 Å². The third-order valence-corrected chi connectivity index (χ3v) is 3.59. The van der Waals surface area contributed by atoms with Gasteiger partial charge in [0.15, 0.2) is 23.1 Å². The Morgan fingerprint density at radius 3 is 2.89 bits per heavy atom. The van der Waals surface area contributed by atoms with E-state index in [1.54, 1.807) is 0 Å². The first-order chi connectivity index (χ1) is 9.31. The normalized spacial score (nSPS) is 22.1. The van der Waals surface area contributed by atoms with Gasteiger partial charge < -0.3 is 19.5 Å². The molecule has 0 aromatic heterocycles. The maximum absolute atomic E-state index is 14.1. The topological polar surface area (TPSA) is 39.7 Å². The lowest BCUT2D eigenvalue weighted by Gasteiger charge is -2.21. The summed E-state index contributed by atoms with van der Waals surface area (Å²) in [5.41, 5.74) is 0.761. The predicted molar refractivity (Wildman–Crippen MR) is 68.5 cm³/mol. The molecular formula is C14H18FNO3. The van der Waals surface area contributed by atoms with Crippen LogP contribution in [0.25, 0.3) is 0 Å². The lowest BCUT2D eigenvalue weighted by Crippen LogP contribution is -2.16. The van der Waals surface area contributed by atoms with E-state index in [4.69, 9.17) is 14.2 Å². The summed E-state index contributed by atoms with van der Waals surface area (Å²) in [6.45, 7) is 2.07. The van der Waals surface area contributed by atoms with Crippen LogP contribution in [0.15, 0.2) is 6.07 Å². The van der Waals surface area contributed by atoms with Gasteiger partial charge in [-0.2, -0.15) is 0 Å². The molecule has 4 nitrogen and oxygen atoms in total. The molecule has 5 heteroatoms. The summed E-state index contributed by atoms with van der Waals surface area (Å²) in [7, 11) is 1.49. The lowest BCUT2D eigenvalue weighted by molar-refractivity contribution is 0.294. The first kappa shape index (κ1) is 12.5. The quantitative estimate of drug-likeness (QED) is 0.893. The second kappa shape index (κ2) is 5.25. The summed E-state index contributed by atoms with van der Waals surface area (Å²) in [5, 5.41) is 3.36. The van der Waals surface area contributed by atoms with Crippen LogP contribution < -0.4 is 19.5 Å². The fourth-order valence-electron chi connectivity index (χ4n) is 2.74. The van der Waals surface area contributed by atoms with Crippen LogP contribution in [0.5, 0.6) is 17.2 Å². The fraction of sp³-hybridized carbons (Fsp3) is 0.571. The number of methoxy groups -OCH3 is 1. The molecule has 0 amide bonds. The molecule has 2 heterocycles. The highest BCUT2D eigenvalue weighted by atomic mass is 19.1. The Morgan fingerprint density at radius 2 is 2.16 bits per heavy atom. The van der Waals surface area contributed by atoms with Gasteiger partial charge in [-0.05, 0) is 19.4 Å². The van der Waals surface area contributed by atoms with Crippen molar-refractivity contribution in [3.05, 3.63) is 17.4 Å². The molecule has 0 bridgehead atoms. The molecule has 0 saturated carbocycles. The maximum atomic E-state index is 14.1. The lowest BCUT2D eigenvalue weighted by atomic mass is 10.0. The average Bonchev–Trinajstić information content (AvgIpc) is 2.83. The molecule has 19 heavy (non-hydrogen) atoms. The van der Waals surface area contributed by atoms with Gasteiger partial charge >= 0.3 is 0 Å². The predicted octanol–water partition coefficient (Wildman–Crippen LogP) is 2.42. The summed E-state index contributed by atoms with van der Waals surface area (Å²) in [6.07, 6.45) is 2.83. The highest BCUT2D eigenvalue weighted by Crippen LogP contribution is 2.46. The molecule has 104 valence electrons. The minimum atomic E-state index is -0.393. The van der Waals surface area contributed by atoms with E-state index >= 15 is 0 Å². The molecule has 1 aromatic rings. The van der Waals surface area contributed by atoms with Gasteiger partial charge in [0.2, 0.25) is 0 Å². The third-order valence-electron chi connectivity index (χ3n) is 3.59. The molecule has 1 unspecified atom stereocenters. The van der Waals surface area contributed by atoms with Gasteiger partial charge in [-0.15, -0.1) is 0 Å². The molecule has 2 aliphatic heterocycles. The van der Waals surface area contributed by atoms with Gasteiger partial charge in [-0.25, -0.2) is 4.39 Å². The molecule has 1 atom stereocenters. The first-order valence-corrected chi connectivity index (χ1v) is 6.70. The molecule has 0 radical (unpaired) electrons. The van der Waals surface area contributed by atoms with Crippen LogP contribution in [0.4, 0.5) is 4.39 Å². The number of halogens is 1. The highest BCUT2D eigenvalue weighted by molar-refractivity contribution is 5.56. The number of ether oxygens (including phenoxy) is 3. The molecular weight excluding hydrogens is 249 g/mol. The van der Waals surface area contributed by atoms with Crippen molar-refractivity contribution in [3.63, 3.8) is 0 Å². The van der Waals surface area contributed by atoms with Crippen LogP contribution in [0.2, 0.25) is 0 Å². The zero-order valence-corrected chi connectivity index (χ0v) is 11.0. The van der Waals surface area contributed by atoms with E-state index in [2.05, 4.69) is 5.32 Å². The first-order valence-electron chi connectivity index (χ1n) is 6.70. The minimum Gasteiger partial charge on any atom is -0.493 e. The number of hydrogen-bond acceptors (Lipinski definition) is 4. The molecule has 1 saturated heterocycles. The van der Waals surface area contributed by atoms with Crippen LogP contribution in [0, 0.1) is 5.82 Å². The van der Waals surface area contributed by atoms with E-state index in [1.807, 2.05) is 0 Å². The van der Waals surface area contributed by atoms with Gasteiger partial charge in [-0.1, -0.05) is 0 Å². The molecule has 1 aromatic carbocycles. The van der Waals surface area contributed by atoms with Gasteiger partial charge in [0.25, 0.3) is 0 Å². The third kappa shape index (κ3) is 2.23. The van der Waals surface area contributed by atoms with Gasteiger partial charge in [-0.3, -0.25) is 0 Å². The summed E-state index contributed by atoms with van der Waals surface area (Å²) < 4.78 is 30.7. The number of nitrogens with one attached hydrogen (secondary N) is 1. The Kier molecular flexibility index (Phi) is 3.46. The Labute approximate surface area is 111 Å². The monoisotopic (exact) mass is 267 g/mol. The molecule has 1 N–H and O–H groups in total. The SMILES string of the molecule is COc1c(F)cc2c(c1C1CCCN1)OCCCO2. The van der Waals surface area contributed by atoms with Crippen molar-refractivity contribution in [3.8, 4) is 17.2 Å². The molecule has 0 spiro atoms. The minimum absolute atomic E-state index is 0.0705. The summed E-state index contributed by atoms with van der Waals surface area (Å²) in [5.74, 6) is 0.994. The second-order valence-corrected chi connectivity index (χ2v) is 4.83. The van der Waals surface area contributed by atoms with Crippen molar-refractivity contribution in [2.45, 2.75) is 25.3 Å². The van der Waals surface area contributed by atoms with Crippen LogP contribution in [-0.4, -0.2) is 26.9 Å². The summed E-state index contributed by atoms with van der Waals surface area (Å²) in [4.78, 5) is 0. The smallest absolute Gasteiger partial charge is 0.169 e. The zero-order valence-electron chi connectivity index (χ0n) is 11.0. The van der Waals surface area contributed by atoms with Crippen LogP contribution in [-0.2, 0) is 0 Å². The van der Waals surface area contributed by atoms with E-state index in [0.717, 1.165) is 31.4 Å². The fourth-order valence-corrected chi connectivity index (χ4v) is 2.74. The van der Waals surface area contributed by atoms with Crippen LogP contribution >= 0.6 is 0 Å². The van der Waals surface area contributed by atoms with E-state index in [1.165, 1.54) is 13.2 Å². The number of benzene rings is 1. The Hall–Kier alpha value is -1.49. The second-order valence-electron chi connectivity index (χ2n) is 4.83. The number of hydrogen-bond donors (Lipinski definition) is 1. The molecule has 1 fully saturated rings. The standard InChI is InChI=1S/C14H18FNO3/c1-17-13-9(15)8-11-14(19-7-3-6-18-11)12(13)10-4-2-5-16-10/h8,10,16H,2-7H2,1H3. The van der Waals surface area contributed by atoms with E-state index in [0.29, 0.717) is 24.7 Å². The zero-order chi connectivity index (χ0) is 13.2. The maximum Gasteiger partial charge on any atom is 0.169 e. The van der Waals surface area contributed by atoms with Gasteiger partial charge in [0, 0.05) is 18.5 Å². The Balaban J connectivity index is 2.13. The van der Waals surface area contributed by atoms with Crippen molar-refractivity contribution in [2.75, 3.05) is 26.9 Å². The molecule has 0 aliphatic carbocycles. The largest absolute Gasteiger partial charge is 0.493 e. The van der Waals surface area contributed by atoms with Crippen molar-refractivity contribution in [2.24, 2.45) is 0 Å². The van der Waals surface area contributed by atoms with E-state index in [9.17, 15) is 4.39 Å². The Bertz CT molecular complexity index is 472. The summed E-state index contributed by atoms with van der Waals surface area (Å²) >= 11 is 0. The van der Waals surface area contributed by atoms with Crippen LogP contribution in [0.1, 0.15) is 30.9 Å². The van der Waals surface area contributed by atoms with E-state index < -0.39 is 5.82 Å². The van der Waals surface area contributed by atoms with Crippen molar-refractivity contribution in [1.29, 1.82) is 0 Å². The van der Waals surface area contributed by atoms with E-state index in [-0.39, 0.29) is 11.8 Å². The highest BCUT2D eigenvalue weighted by Gasteiger charge is 2.30. The van der Waals surface area contributed by atoms with Crippen molar-refractivity contribution >= 4 is 0 Å². The van der Waals surface area contributed by atoms with Crippen molar-refractivity contribution < 1.29 is 18.6 Å². The Morgan fingerprint density at radius 1 is 1.32 bits per heavy atom. The summed E-state index contributed by atoms with van der Waals surface area (Å²) in [6, 6.07) is 1.43. The average molecular weight is 267 g/mol. The molecule has 2 aliphatic rings. The van der Waals surface area contributed by atoms with Crippen LogP contribution in [0.3, 0.4) is 0 Å². The molecule has 3 rings (SSSR count). The van der Waals surface area contributed by atoms with Gasteiger partial charge in [0.05, 0.1) is 25.9 Å². The number of rotatable bonds is 2. The van der Waals surface area contributed by atoms with Crippen molar-refractivity contribution in [1.82, 2.24) is 5.32 Å². The number of fused-ring (bicyclic) bond motifs is 1.